The van der Waals surface area contributed by atoms with E-state index in [1.54, 1.807) is 0 Å². The first-order valence-electron chi connectivity index (χ1n) is 7.59. The van der Waals surface area contributed by atoms with Gasteiger partial charge in [0.1, 0.15) is 0 Å². The number of hydrogen-bond acceptors (Lipinski definition) is 2. The first-order chi connectivity index (χ1) is 9.48. The van der Waals surface area contributed by atoms with E-state index in [-0.39, 0.29) is 11.4 Å². The maximum atomic E-state index is 12.1. The van der Waals surface area contributed by atoms with Crippen molar-refractivity contribution in [1.29, 1.82) is 0 Å². The first kappa shape index (κ1) is 16.7. The highest BCUT2D eigenvalue weighted by Gasteiger charge is 2.23. The molecule has 1 aromatic rings. The number of para-hydroxylation sites is 1. The number of rotatable bonds is 7. The van der Waals surface area contributed by atoms with Gasteiger partial charge in [-0.15, -0.1) is 0 Å². The second-order valence-electron chi connectivity index (χ2n) is 5.51. The van der Waals surface area contributed by atoms with E-state index in [4.69, 9.17) is 0 Å². The van der Waals surface area contributed by atoms with Gasteiger partial charge in [-0.05, 0) is 44.2 Å². The minimum Gasteiger partial charge on any atom is -0.324 e. The zero-order valence-electron chi connectivity index (χ0n) is 13.5. The highest BCUT2D eigenvalue weighted by Crippen LogP contribution is 2.20. The lowest BCUT2D eigenvalue weighted by atomic mass is 9.90. The molecule has 0 aliphatic rings. The minimum absolute atomic E-state index is 0.0297. The average molecular weight is 276 g/mol. The molecule has 0 atom stereocenters. The van der Waals surface area contributed by atoms with Crippen LogP contribution < -0.4 is 10.6 Å². The third-order valence-electron chi connectivity index (χ3n) is 4.40. The molecule has 0 saturated heterocycles. The molecule has 0 bridgehead atoms. The Labute approximate surface area is 123 Å². The molecule has 0 aliphatic heterocycles. The average Bonchev–Trinajstić information content (AvgIpc) is 2.45. The fraction of sp³-hybridized carbons (Fsp3) is 0.588. The highest BCUT2D eigenvalue weighted by atomic mass is 16.1. The molecule has 3 nitrogen and oxygen atoms in total. The van der Waals surface area contributed by atoms with Gasteiger partial charge < -0.3 is 10.6 Å². The summed E-state index contributed by atoms with van der Waals surface area (Å²) in [7, 11) is 0. The van der Waals surface area contributed by atoms with Crippen LogP contribution in [0.25, 0.3) is 0 Å². The van der Waals surface area contributed by atoms with Crippen LogP contribution in [0.1, 0.15) is 51.2 Å². The Morgan fingerprint density at radius 3 is 2.00 bits per heavy atom. The lowest BCUT2D eigenvalue weighted by molar-refractivity contribution is -0.115. The third-order valence-corrected chi connectivity index (χ3v) is 4.40. The van der Waals surface area contributed by atoms with Crippen molar-refractivity contribution in [3.05, 3.63) is 29.3 Å². The first-order valence-corrected chi connectivity index (χ1v) is 7.59. The SMILES string of the molecule is CCC(CC)(CC)NCC(=O)Nc1c(C)cccc1C. The van der Waals surface area contributed by atoms with Crippen molar-refractivity contribution in [2.24, 2.45) is 0 Å². The Morgan fingerprint density at radius 1 is 1.05 bits per heavy atom. The van der Waals surface area contributed by atoms with Gasteiger partial charge in [-0.25, -0.2) is 0 Å². The molecule has 0 aliphatic carbocycles. The second kappa shape index (κ2) is 7.44. The maximum absolute atomic E-state index is 12.1. The smallest absolute Gasteiger partial charge is 0.238 e. The van der Waals surface area contributed by atoms with E-state index < -0.39 is 0 Å². The van der Waals surface area contributed by atoms with Crippen LogP contribution in [0.5, 0.6) is 0 Å². The van der Waals surface area contributed by atoms with Gasteiger partial charge in [-0.2, -0.15) is 0 Å². The molecule has 112 valence electrons. The van der Waals surface area contributed by atoms with Gasteiger partial charge in [-0.1, -0.05) is 39.0 Å². The fourth-order valence-electron chi connectivity index (χ4n) is 2.59. The molecule has 0 fully saturated rings. The lowest BCUT2D eigenvalue weighted by Gasteiger charge is -2.31. The Morgan fingerprint density at radius 2 is 1.55 bits per heavy atom. The summed E-state index contributed by atoms with van der Waals surface area (Å²) in [5.74, 6) is 0.0297. The van der Waals surface area contributed by atoms with Gasteiger partial charge in [0, 0.05) is 11.2 Å². The van der Waals surface area contributed by atoms with E-state index in [9.17, 15) is 4.79 Å². The third kappa shape index (κ3) is 4.07. The topological polar surface area (TPSA) is 41.1 Å². The Bertz CT molecular complexity index is 422. The van der Waals surface area contributed by atoms with Crippen molar-refractivity contribution >= 4 is 11.6 Å². The zero-order valence-corrected chi connectivity index (χ0v) is 13.5. The van der Waals surface area contributed by atoms with Crippen molar-refractivity contribution in [3.8, 4) is 0 Å². The summed E-state index contributed by atoms with van der Waals surface area (Å²) in [6, 6.07) is 6.05. The molecule has 1 amide bonds. The van der Waals surface area contributed by atoms with Crippen LogP contribution >= 0.6 is 0 Å². The summed E-state index contributed by atoms with van der Waals surface area (Å²) in [4.78, 5) is 12.1. The quantitative estimate of drug-likeness (QED) is 0.795. The van der Waals surface area contributed by atoms with Crippen LogP contribution in [0, 0.1) is 13.8 Å². The van der Waals surface area contributed by atoms with Crippen LogP contribution in [0.3, 0.4) is 0 Å². The molecule has 1 aromatic carbocycles. The summed E-state index contributed by atoms with van der Waals surface area (Å²) in [6.07, 6.45) is 3.12. The molecule has 1 rings (SSSR count). The Kier molecular flexibility index (Phi) is 6.21. The summed E-state index contributed by atoms with van der Waals surface area (Å²) >= 11 is 0. The van der Waals surface area contributed by atoms with E-state index in [0.29, 0.717) is 6.54 Å². The van der Waals surface area contributed by atoms with Crippen LogP contribution in [0.4, 0.5) is 5.69 Å². The van der Waals surface area contributed by atoms with Crippen molar-refractivity contribution in [2.75, 3.05) is 11.9 Å². The van der Waals surface area contributed by atoms with E-state index in [1.807, 2.05) is 32.0 Å². The minimum atomic E-state index is 0.0297. The predicted molar refractivity (Wildman–Crippen MR) is 86.2 cm³/mol. The molecular formula is C17H28N2O. The number of anilines is 1. The van der Waals surface area contributed by atoms with Crippen molar-refractivity contribution in [3.63, 3.8) is 0 Å². The number of carbonyl (C=O) groups excluding carboxylic acids is 1. The highest BCUT2D eigenvalue weighted by molar-refractivity contribution is 5.93. The van der Waals surface area contributed by atoms with Gasteiger partial charge in [0.15, 0.2) is 0 Å². The van der Waals surface area contributed by atoms with Gasteiger partial charge in [0.25, 0.3) is 0 Å². The number of benzene rings is 1. The van der Waals surface area contributed by atoms with E-state index in [0.717, 1.165) is 36.1 Å². The molecule has 2 N–H and O–H groups in total. The number of carbonyl (C=O) groups is 1. The van der Waals surface area contributed by atoms with Crippen molar-refractivity contribution < 1.29 is 4.79 Å². The molecule has 0 saturated carbocycles. The van der Waals surface area contributed by atoms with Crippen LogP contribution in [-0.4, -0.2) is 18.0 Å². The van der Waals surface area contributed by atoms with Crippen molar-refractivity contribution in [1.82, 2.24) is 5.32 Å². The number of aryl methyl sites for hydroxylation is 2. The fourth-order valence-corrected chi connectivity index (χ4v) is 2.59. The lowest BCUT2D eigenvalue weighted by Crippen LogP contribution is -2.47. The maximum Gasteiger partial charge on any atom is 0.238 e. The standard InChI is InChI=1S/C17H28N2O/c1-6-17(7-2,8-3)18-12-15(20)19-16-13(4)10-9-11-14(16)5/h9-11,18H,6-8,12H2,1-5H3,(H,19,20). The molecule has 0 heterocycles. The normalized spacial score (nSPS) is 11.4. The molecular weight excluding hydrogens is 248 g/mol. The van der Waals surface area contributed by atoms with E-state index in [1.165, 1.54) is 0 Å². The predicted octanol–water partition coefficient (Wildman–Crippen LogP) is 3.80. The summed E-state index contributed by atoms with van der Waals surface area (Å²) in [5.41, 5.74) is 3.23. The Hall–Kier alpha value is -1.35. The molecule has 3 heteroatoms. The molecule has 0 radical (unpaired) electrons. The van der Waals surface area contributed by atoms with E-state index in [2.05, 4.69) is 31.4 Å². The van der Waals surface area contributed by atoms with Crippen LogP contribution in [0.2, 0.25) is 0 Å². The van der Waals surface area contributed by atoms with E-state index >= 15 is 0 Å². The van der Waals surface area contributed by atoms with Gasteiger partial charge in [-0.3, -0.25) is 4.79 Å². The zero-order chi connectivity index (χ0) is 15.2. The molecule has 0 aromatic heterocycles. The summed E-state index contributed by atoms with van der Waals surface area (Å²) in [5, 5.41) is 6.45. The van der Waals surface area contributed by atoms with Crippen molar-refractivity contribution in [2.45, 2.75) is 59.4 Å². The van der Waals surface area contributed by atoms with Crippen LogP contribution in [0.15, 0.2) is 18.2 Å². The molecule has 0 spiro atoms. The largest absolute Gasteiger partial charge is 0.324 e. The molecule has 0 unspecified atom stereocenters. The number of amides is 1. The monoisotopic (exact) mass is 276 g/mol. The van der Waals surface area contributed by atoms with Gasteiger partial charge in [0.2, 0.25) is 5.91 Å². The summed E-state index contributed by atoms with van der Waals surface area (Å²) in [6.45, 7) is 10.9. The Balaban J connectivity index is 2.65. The number of hydrogen-bond donors (Lipinski definition) is 2. The van der Waals surface area contributed by atoms with Gasteiger partial charge >= 0.3 is 0 Å². The molecule has 20 heavy (non-hydrogen) atoms. The summed E-state index contributed by atoms with van der Waals surface area (Å²) < 4.78 is 0. The van der Waals surface area contributed by atoms with Gasteiger partial charge in [0.05, 0.1) is 6.54 Å². The number of nitrogens with one attached hydrogen (secondary N) is 2. The van der Waals surface area contributed by atoms with Crippen LogP contribution in [-0.2, 0) is 4.79 Å². The second-order valence-corrected chi connectivity index (χ2v) is 5.51.